The van der Waals surface area contributed by atoms with Crippen molar-refractivity contribution in [2.45, 2.75) is 52.1 Å². The number of rotatable bonds is 6. The van der Waals surface area contributed by atoms with Gasteiger partial charge in [-0.25, -0.2) is 0 Å². The molecule has 4 nitrogen and oxygen atoms in total. The Labute approximate surface area is 136 Å². The monoisotopic (exact) mass is 326 g/mol. The highest BCUT2D eigenvalue weighted by Crippen LogP contribution is 2.39. The van der Waals surface area contributed by atoms with E-state index in [1.807, 2.05) is 6.07 Å². The molecule has 122 valence electrons. The molecule has 0 heterocycles. The highest BCUT2D eigenvalue weighted by Gasteiger charge is 2.28. The van der Waals surface area contributed by atoms with Gasteiger partial charge in [0, 0.05) is 0 Å². The molecule has 1 aromatic rings. The Morgan fingerprint density at radius 2 is 2.00 bits per heavy atom. The number of benzene rings is 1. The fourth-order valence-corrected chi connectivity index (χ4v) is 3.09. The van der Waals surface area contributed by atoms with E-state index in [1.54, 1.807) is 27.0 Å². The maximum Gasteiger partial charge on any atom is 0.309 e. The van der Waals surface area contributed by atoms with Gasteiger partial charge in [0.15, 0.2) is 11.5 Å². The summed E-state index contributed by atoms with van der Waals surface area (Å²) in [6.07, 6.45) is 4.98. The largest absolute Gasteiger partial charge is 0.491 e. The minimum absolute atomic E-state index is 0.188. The molecule has 0 radical (unpaired) electrons. The molecule has 1 aliphatic rings. The molecule has 0 aromatic heterocycles. The van der Waals surface area contributed by atoms with Crippen molar-refractivity contribution in [2.24, 2.45) is 5.41 Å². The van der Waals surface area contributed by atoms with Gasteiger partial charge in [-0.05, 0) is 63.6 Å². The average Bonchev–Trinajstić information content (AvgIpc) is 2.90. The van der Waals surface area contributed by atoms with Crippen LogP contribution in [0.3, 0.4) is 0 Å². The van der Waals surface area contributed by atoms with Crippen LogP contribution in [0.5, 0.6) is 11.5 Å². The summed E-state index contributed by atoms with van der Waals surface area (Å²) < 4.78 is 11.4. The van der Waals surface area contributed by atoms with E-state index in [9.17, 15) is 9.90 Å². The Balaban J connectivity index is 2.28. The first kappa shape index (κ1) is 16.9. The van der Waals surface area contributed by atoms with E-state index in [1.165, 1.54) is 12.8 Å². The Bertz CT molecular complexity index is 548. The molecule has 0 unspecified atom stereocenters. The second-order valence-corrected chi connectivity index (χ2v) is 6.91. The lowest BCUT2D eigenvalue weighted by molar-refractivity contribution is -0.146. The van der Waals surface area contributed by atoms with Gasteiger partial charge in [0.25, 0.3) is 0 Å². The zero-order valence-corrected chi connectivity index (χ0v) is 14.1. The van der Waals surface area contributed by atoms with E-state index in [-0.39, 0.29) is 6.10 Å². The van der Waals surface area contributed by atoms with Crippen LogP contribution in [0.15, 0.2) is 12.1 Å². The van der Waals surface area contributed by atoms with E-state index in [0.29, 0.717) is 22.9 Å². The number of aliphatic carboxylic acids is 1. The highest BCUT2D eigenvalue weighted by molar-refractivity contribution is 6.32. The van der Waals surface area contributed by atoms with E-state index in [0.717, 1.165) is 18.4 Å². The molecule has 5 heteroatoms. The summed E-state index contributed by atoms with van der Waals surface area (Å²) in [5, 5.41) is 9.74. The Morgan fingerprint density at radius 3 is 2.55 bits per heavy atom. The first-order valence-corrected chi connectivity index (χ1v) is 7.98. The van der Waals surface area contributed by atoms with E-state index < -0.39 is 11.4 Å². The smallest absolute Gasteiger partial charge is 0.309 e. The summed E-state index contributed by atoms with van der Waals surface area (Å²) in [6.45, 7) is 3.40. The predicted octanol–water partition coefficient (Wildman–Crippen LogP) is 4.32. The standard InChI is InChI=1S/C17H23ClO4/c1-17(2,16(19)20)10-11-8-13(18)15(21-3)14(9-11)22-12-6-4-5-7-12/h8-9,12H,4-7,10H2,1-3H3,(H,19,20). The maximum absolute atomic E-state index is 11.3. The minimum Gasteiger partial charge on any atom is -0.491 e. The molecule has 1 N–H and O–H groups in total. The van der Waals surface area contributed by atoms with Gasteiger partial charge in [0.1, 0.15) is 0 Å². The van der Waals surface area contributed by atoms with Crippen molar-refractivity contribution in [1.82, 2.24) is 0 Å². The van der Waals surface area contributed by atoms with E-state index >= 15 is 0 Å². The van der Waals surface area contributed by atoms with Gasteiger partial charge in [-0.1, -0.05) is 11.6 Å². The van der Waals surface area contributed by atoms with Crippen molar-refractivity contribution >= 4 is 17.6 Å². The van der Waals surface area contributed by atoms with Crippen LogP contribution in [0.4, 0.5) is 0 Å². The normalized spacial score (nSPS) is 15.8. The maximum atomic E-state index is 11.3. The predicted molar refractivity (Wildman–Crippen MR) is 86.0 cm³/mol. The first-order chi connectivity index (χ1) is 10.3. The van der Waals surface area contributed by atoms with Gasteiger partial charge in [0.2, 0.25) is 0 Å². The van der Waals surface area contributed by atoms with Crippen molar-refractivity contribution in [3.05, 3.63) is 22.7 Å². The molecule has 1 fully saturated rings. The Hall–Kier alpha value is -1.42. The highest BCUT2D eigenvalue weighted by atomic mass is 35.5. The van der Waals surface area contributed by atoms with Gasteiger partial charge in [-0.15, -0.1) is 0 Å². The van der Waals surface area contributed by atoms with Crippen LogP contribution in [-0.4, -0.2) is 24.3 Å². The number of carboxylic acids is 1. The molecular weight excluding hydrogens is 304 g/mol. The van der Waals surface area contributed by atoms with E-state index in [2.05, 4.69) is 0 Å². The quantitative estimate of drug-likeness (QED) is 0.845. The first-order valence-electron chi connectivity index (χ1n) is 7.60. The topological polar surface area (TPSA) is 55.8 Å². The van der Waals surface area contributed by atoms with Gasteiger partial charge < -0.3 is 14.6 Å². The fourth-order valence-electron chi connectivity index (χ4n) is 2.78. The van der Waals surface area contributed by atoms with Gasteiger partial charge >= 0.3 is 5.97 Å². The molecular formula is C17H23ClO4. The molecule has 1 aliphatic carbocycles. The zero-order chi connectivity index (χ0) is 16.3. The second-order valence-electron chi connectivity index (χ2n) is 6.50. The number of hydrogen-bond acceptors (Lipinski definition) is 3. The van der Waals surface area contributed by atoms with Crippen molar-refractivity contribution in [3.8, 4) is 11.5 Å². The van der Waals surface area contributed by atoms with Gasteiger partial charge in [0.05, 0.1) is 23.7 Å². The summed E-state index contributed by atoms with van der Waals surface area (Å²) >= 11 is 6.28. The lowest BCUT2D eigenvalue weighted by Crippen LogP contribution is -2.26. The molecule has 0 aliphatic heterocycles. The molecule has 0 spiro atoms. The van der Waals surface area contributed by atoms with Crippen LogP contribution < -0.4 is 9.47 Å². The van der Waals surface area contributed by atoms with Gasteiger partial charge in [-0.2, -0.15) is 0 Å². The summed E-state index contributed by atoms with van der Waals surface area (Å²) in [7, 11) is 1.56. The Morgan fingerprint density at radius 1 is 1.36 bits per heavy atom. The molecule has 1 saturated carbocycles. The molecule has 22 heavy (non-hydrogen) atoms. The minimum atomic E-state index is -0.859. The molecule has 2 rings (SSSR count). The lowest BCUT2D eigenvalue weighted by atomic mass is 9.86. The van der Waals surface area contributed by atoms with Crippen molar-refractivity contribution in [1.29, 1.82) is 0 Å². The average molecular weight is 327 g/mol. The molecule has 0 amide bonds. The molecule has 1 aromatic carbocycles. The third kappa shape index (κ3) is 3.86. The number of carbonyl (C=O) groups is 1. The number of halogens is 1. The summed E-state index contributed by atoms with van der Waals surface area (Å²) in [4.78, 5) is 11.3. The SMILES string of the molecule is COc1c(Cl)cc(CC(C)(C)C(=O)O)cc1OC1CCCC1. The third-order valence-corrected chi connectivity index (χ3v) is 4.38. The molecule has 0 atom stereocenters. The molecule has 0 saturated heterocycles. The van der Waals surface area contributed by atoms with Crippen molar-refractivity contribution in [3.63, 3.8) is 0 Å². The van der Waals surface area contributed by atoms with Crippen LogP contribution >= 0.6 is 11.6 Å². The van der Waals surface area contributed by atoms with Crippen molar-refractivity contribution in [2.75, 3.05) is 7.11 Å². The second kappa shape index (κ2) is 6.78. The lowest BCUT2D eigenvalue weighted by Gasteiger charge is -2.22. The van der Waals surface area contributed by atoms with Gasteiger partial charge in [-0.3, -0.25) is 4.79 Å². The fraction of sp³-hybridized carbons (Fsp3) is 0.588. The van der Waals surface area contributed by atoms with E-state index in [4.69, 9.17) is 21.1 Å². The summed E-state index contributed by atoms with van der Waals surface area (Å²) in [5.74, 6) is 0.293. The third-order valence-electron chi connectivity index (χ3n) is 4.09. The zero-order valence-electron chi connectivity index (χ0n) is 13.3. The van der Waals surface area contributed by atoms with Crippen LogP contribution in [0, 0.1) is 5.41 Å². The summed E-state index contributed by atoms with van der Waals surface area (Å²) in [5.41, 5.74) is -0.0195. The number of methoxy groups -OCH3 is 1. The molecule has 0 bridgehead atoms. The number of ether oxygens (including phenoxy) is 2. The van der Waals surface area contributed by atoms with Crippen LogP contribution in [-0.2, 0) is 11.2 Å². The van der Waals surface area contributed by atoms with Crippen LogP contribution in [0.1, 0.15) is 45.1 Å². The summed E-state index contributed by atoms with van der Waals surface area (Å²) in [6, 6.07) is 3.61. The van der Waals surface area contributed by atoms with Crippen LogP contribution in [0.25, 0.3) is 0 Å². The number of carboxylic acid groups (broad SMARTS) is 1. The van der Waals surface area contributed by atoms with Crippen molar-refractivity contribution < 1.29 is 19.4 Å². The number of hydrogen-bond donors (Lipinski definition) is 1. The van der Waals surface area contributed by atoms with Crippen LogP contribution in [0.2, 0.25) is 5.02 Å². The Kier molecular flexibility index (Phi) is 5.22.